The Morgan fingerprint density at radius 1 is 1.14 bits per heavy atom. The highest BCUT2D eigenvalue weighted by atomic mass is 16.5. The molecule has 1 N–H and O–H groups in total. The molecule has 1 atom stereocenters. The smallest absolute Gasteiger partial charge is 0.260 e. The lowest BCUT2D eigenvalue weighted by molar-refractivity contribution is 0.0981. The lowest BCUT2D eigenvalue weighted by Crippen LogP contribution is -2.35. The summed E-state index contributed by atoms with van der Waals surface area (Å²) >= 11 is 0. The van der Waals surface area contributed by atoms with E-state index in [0.717, 1.165) is 23.5 Å². The Balaban J connectivity index is 1.48. The van der Waals surface area contributed by atoms with Crippen molar-refractivity contribution in [3.05, 3.63) is 78.0 Å². The van der Waals surface area contributed by atoms with Crippen molar-refractivity contribution in [2.75, 3.05) is 16.8 Å². The fourth-order valence-corrected chi connectivity index (χ4v) is 3.56. The number of carbonyl (C=O) groups is 1. The summed E-state index contributed by atoms with van der Waals surface area (Å²) in [5, 5.41) is 3.24. The van der Waals surface area contributed by atoms with Gasteiger partial charge in [-0.05, 0) is 68.3 Å². The molecule has 2 aromatic carbocycles. The third-order valence-corrected chi connectivity index (χ3v) is 4.87. The van der Waals surface area contributed by atoms with Gasteiger partial charge in [-0.1, -0.05) is 18.2 Å². The first kappa shape index (κ1) is 18.0. The molecule has 4 rings (SSSR count). The number of hydrogen-bond donors (Lipinski definition) is 1. The van der Waals surface area contributed by atoms with Crippen LogP contribution in [0.25, 0.3) is 0 Å². The van der Waals surface area contributed by atoms with Crippen LogP contribution in [0.3, 0.4) is 0 Å². The van der Waals surface area contributed by atoms with Gasteiger partial charge in [-0.25, -0.2) is 4.98 Å². The van der Waals surface area contributed by atoms with Crippen LogP contribution >= 0.6 is 0 Å². The summed E-state index contributed by atoms with van der Waals surface area (Å²) in [7, 11) is 0. The summed E-state index contributed by atoms with van der Waals surface area (Å²) in [4.78, 5) is 19.3. The van der Waals surface area contributed by atoms with E-state index in [0.29, 0.717) is 18.0 Å². The van der Waals surface area contributed by atoms with Gasteiger partial charge in [-0.3, -0.25) is 4.79 Å². The summed E-state index contributed by atoms with van der Waals surface area (Å²) in [6, 6.07) is 19.6. The maximum absolute atomic E-state index is 13.0. The van der Waals surface area contributed by atoms with Crippen molar-refractivity contribution < 1.29 is 9.53 Å². The van der Waals surface area contributed by atoms with Crippen LogP contribution < -0.4 is 15.0 Å². The first-order valence-corrected chi connectivity index (χ1v) is 9.53. The second-order valence-corrected chi connectivity index (χ2v) is 6.87. The lowest BCUT2D eigenvalue weighted by atomic mass is 10.1. The van der Waals surface area contributed by atoms with Crippen molar-refractivity contribution in [3.63, 3.8) is 0 Å². The Morgan fingerprint density at radius 3 is 2.64 bits per heavy atom. The van der Waals surface area contributed by atoms with Crippen molar-refractivity contribution in [1.29, 1.82) is 0 Å². The van der Waals surface area contributed by atoms with Gasteiger partial charge in [-0.15, -0.1) is 0 Å². The van der Waals surface area contributed by atoms with E-state index in [9.17, 15) is 4.79 Å². The van der Waals surface area contributed by atoms with E-state index in [1.807, 2.05) is 66.4 Å². The Hall–Kier alpha value is -3.34. The number of carbonyl (C=O) groups excluding carboxylic acids is 1. The molecule has 2 heterocycles. The summed E-state index contributed by atoms with van der Waals surface area (Å²) in [6.45, 7) is 4.68. The number of hydrogen-bond acceptors (Lipinski definition) is 4. The summed E-state index contributed by atoms with van der Waals surface area (Å²) in [6.07, 6.45) is 2.51. The number of rotatable bonds is 5. The number of aromatic nitrogens is 1. The topological polar surface area (TPSA) is 54.5 Å². The summed E-state index contributed by atoms with van der Waals surface area (Å²) in [5.74, 6) is 1.51. The number of amides is 1. The first-order chi connectivity index (χ1) is 13.7. The van der Waals surface area contributed by atoms with Crippen molar-refractivity contribution >= 4 is 23.1 Å². The molecule has 0 saturated carbocycles. The molecule has 1 aliphatic heterocycles. The fourth-order valence-electron chi connectivity index (χ4n) is 3.56. The van der Waals surface area contributed by atoms with Crippen molar-refractivity contribution in [2.45, 2.75) is 26.3 Å². The van der Waals surface area contributed by atoms with Gasteiger partial charge in [0.05, 0.1) is 12.2 Å². The minimum atomic E-state index is -0.0161. The zero-order valence-electron chi connectivity index (χ0n) is 16.1. The molecule has 0 bridgehead atoms. The van der Waals surface area contributed by atoms with Gasteiger partial charge >= 0.3 is 0 Å². The standard InChI is InChI=1S/C23H23N3O2/c1-3-28-20-11-9-19(10-12-20)25-22-13-8-18(15-24-22)23(27)26-16(2)14-17-6-4-5-7-21(17)26/h4-13,15-16H,3,14H2,1-2H3,(H,24,25). The predicted octanol–water partition coefficient (Wildman–Crippen LogP) is 4.82. The van der Waals surface area contributed by atoms with E-state index < -0.39 is 0 Å². The minimum Gasteiger partial charge on any atom is -0.494 e. The van der Waals surface area contributed by atoms with E-state index >= 15 is 0 Å². The van der Waals surface area contributed by atoms with E-state index in [2.05, 4.69) is 23.3 Å². The van der Waals surface area contributed by atoms with Crippen molar-refractivity contribution in [1.82, 2.24) is 4.98 Å². The third kappa shape index (κ3) is 3.56. The van der Waals surface area contributed by atoms with Crippen LogP contribution in [0.4, 0.5) is 17.2 Å². The molecule has 0 aliphatic carbocycles. The molecule has 0 fully saturated rings. The van der Waals surface area contributed by atoms with Crippen LogP contribution in [0.15, 0.2) is 66.9 Å². The largest absolute Gasteiger partial charge is 0.494 e. The molecule has 3 aromatic rings. The van der Waals surface area contributed by atoms with Crippen LogP contribution in [-0.2, 0) is 6.42 Å². The molecule has 142 valence electrons. The maximum atomic E-state index is 13.0. The Kier molecular flexibility index (Phi) is 4.98. The number of nitrogens with one attached hydrogen (secondary N) is 1. The normalized spacial score (nSPS) is 15.2. The molecule has 0 saturated heterocycles. The fraction of sp³-hybridized carbons (Fsp3) is 0.217. The summed E-state index contributed by atoms with van der Waals surface area (Å²) < 4.78 is 5.45. The number of anilines is 3. The van der Waals surface area contributed by atoms with Gasteiger partial charge in [-0.2, -0.15) is 0 Å². The van der Waals surface area contributed by atoms with Crippen LogP contribution in [0.1, 0.15) is 29.8 Å². The quantitative estimate of drug-likeness (QED) is 0.697. The van der Waals surface area contributed by atoms with Gasteiger partial charge in [0.1, 0.15) is 11.6 Å². The highest BCUT2D eigenvalue weighted by Gasteiger charge is 2.31. The number of benzene rings is 2. The monoisotopic (exact) mass is 373 g/mol. The van der Waals surface area contributed by atoms with Crippen molar-refractivity contribution in [2.24, 2.45) is 0 Å². The number of ether oxygens (including phenoxy) is 1. The lowest BCUT2D eigenvalue weighted by Gasteiger charge is -2.22. The van der Waals surface area contributed by atoms with Crippen LogP contribution in [-0.4, -0.2) is 23.5 Å². The summed E-state index contributed by atoms with van der Waals surface area (Å²) in [5.41, 5.74) is 3.71. The van der Waals surface area contributed by atoms with E-state index in [1.165, 1.54) is 5.56 Å². The van der Waals surface area contributed by atoms with Gasteiger partial charge in [0.2, 0.25) is 0 Å². The molecule has 1 unspecified atom stereocenters. The van der Waals surface area contributed by atoms with E-state index in [4.69, 9.17) is 4.74 Å². The Bertz CT molecular complexity index is 968. The third-order valence-electron chi connectivity index (χ3n) is 4.87. The number of fused-ring (bicyclic) bond motifs is 1. The van der Waals surface area contributed by atoms with Gasteiger partial charge in [0.15, 0.2) is 0 Å². The molecule has 5 nitrogen and oxygen atoms in total. The minimum absolute atomic E-state index is 0.0161. The molecule has 0 spiro atoms. The molecule has 28 heavy (non-hydrogen) atoms. The Morgan fingerprint density at radius 2 is 1.93 bits per heavy atom. The first-order valence-electron chi connectivity index (χ1n) is 9.53. The highest BCUT2D eigenvalue weighted by Crippen LogP contribution is 2.33. The Labute approximate surface area is 165 Å². The van der Waals surface area contributed by atoms with Gasteiger partial charge < -0.3 is 15.0 Å². The van der Waals surface area contributed by atoms with E-state index in [1.54, 1.807) is 6.20 Å². The number of pyridine rings is 1. The van der Waals surface area contributed by atoms with Crippen LogP contribution in [0.2, 0.25) is 0 Å². The molecule has 0 radical (unpaired) electrons. The zero-order valence-corrected chi connectivity index (χ0v) is 16.1. The molecule has 1 aliphatic rings. The zero-order chi connectivity index (χ0) is 19.5. The van der Waals surface area contributed by atoms with Crippen molar-refractivity contribution in [3.8, 4) is 5.75 Å². The maximum Gasteiger partial charge on any atom is 0.260 e. The van der Waals surface area contributed by atoms with E-state index in [-0.39, 0.29) is 11.9 Å². The van der Waals surface area contributed by atoms with Gasteiger partial charge in [0.25, 0.3) is 5.91 Å². The SMILES string of the molecule is CCOc1ccc(Nc2ccc(C(=O)N3c4ccccc4CC3C)cn2)cc1. The average Bonchev–Trinajstić information content (AvgIpc) is 3.05. The number of para-hydroxylation sites is 1. The average molecular weight is 373 g/mol. The molecular weight excluding hydrogens is 350 g/mol. The van der Waals surface area contributed by atoms with Gasteiger partial charge in [0, 0.05) is 23.6 Å². The highest BCUT2D eigenvalue weighted by molar-refractivity contribution is 6.07. The van der Waals surface area contributed by atoms with Crippen LogP contribution in [0.5, 0.6) is 5.75 Å². The second-order valence-electron chi connectivity index (χ2n) is 6.87. The molecule has 1 aromatic heterocycles. The number of nitrogens with zero attached hydrogens (tertiary/aromatic N) is 2. The second kappa shape index (κ2) is 7.72. The molecule has 1 amide bonds. The van der Waals surface area contributed by atoms with Crippen LogP contribution in [0, 0.1) is 0 Å². The molecular formula is C23H23N3O2. The predicted molar refractivity (Wildman–Crippen MR) is 112 cm³/mol. The molecule has 5 heteroatoms.